The van der Waals surface area contributed by atoms with Gasteiger partial charge in [-0.2, -0.15) is 0 Å². The smallest absolute Gasteiger partial charge is 0.234 e. The van der Waals surface area contributed by atoms with Crippen LogP contribution in [0.3, 0.4) is 0 Å². The molecule has 56 heavy (non-hydrogen) atoms. The molecule has 2 rings (SSSR count). The summed E-state index contributed by atoms with van der Waals surface area (Å²) in [5.74, 6) is -0.269. The molecule has 0 saturated heterocycles. The van der Waals surface area contributed by atoms with Crippen LogP contribution in [-0.2, 0) is 20.8 Å². The van der Waals surface area contributed by atoms with Crippen molar-refractivity contribution in [3.05, 3.63) is 42.0 Å². The number of hydrogen-bond acceptors (Lipinski definition) is 5. The molecular formula is C48H87Cl2N3O3. The molecule has 0 aliphatic carbocycles. The maximum absolute atomic E-state index is 13.0. The molecule has 0 fully saturated rings. The van der Waals surface area contributed by atoms with Crippen LogP contribution in [-0.4, -0.2) is 49.3 Å². The predicted molar refractivity (Wildman–Crippen MR) is 248 cm³/mol. The van der Waals surface area contributed by atoms with Crippen molar-refractivity contribution < 1.29 is 14.3 Å². The molecule has 8 heteroatoms. The molecule has 0 bridgehead atoms. The summed E-state index contributed by atoms with van der Waals surface area (Å²) >= 11 is 0. The van der Waals surface area contributed by atoms with Gasteiger partial charge in [-0.3, -0.25) is 9.69 Å². The highest BCUT2D eigenvalue weighted by Gasteiger charge is 2.27. The quantitative estimate of drug-likeness (QED) is 0.0520. The number of ether oxygens (including phenoxy) is 2. The van der Waals surface area contributed by atoms with Gasteiger partial charge in [0.1, 0.15) is 0 Å². The highest BCUT2D eigenvalue weighted by atomic mass is 35.5. The summed E-state index contributed by atoms with van der Waals surface area (Å²) < 4.78 is 12.9. The molecule has 6 nitrogen and oxygen atoms in total. The Morgan fingerprint density at radius 1 is 0.625 bits per heavy atom. The largest absolute Gasteiger partial charge is 0.398 e. The van der Waals surface area contributed by atoms with E-state index in [4.69, 9.17) is 20.9 Å². The fourth-order valence-corrected chi connectivity index (χ4v) is 7.80. The molecule has 1 unspecified atom stereocenters. The van der Waals surface area contributed by atoms with Crippen molar-refractivity contribution in [2.75, 3.05) is 32.1 Å². The summed E-state index contributed by atoms with van der Waals surface area (Å²) in [5, 5.41) is 2.17. The van der Waals surface area contributed by atoms with Crippen molar-refractivity contribution in [3.63, 3.8) is 0 Å². The van der Waals surface area contributed by atoms with E-state index in [0.29, 0.717) is 19.7 Å². The molecule has 1 amide bonds. The average molecular weight is 825 g/mol. The maximum Gasteiger partial charge on any atom is 0.234 e. The minimum atomic E-state index is -0.369. The van der Waals surface area contributed by atoms with Gasteiger partial charge in [0.25, 0.3) is 0 Å². The van der Waals surface area contributed by atoms with Gasteiger partial charge in [0.15, 0.2) is 0 Å². The lowest BCUT2D eigenvalue weighted by atomic mass is 10.0. The number of rotatable bonds is 38. The van der Waals surface area contributed by atoms with Gasteiger partial charge in [0.05, 0.1) is 18.8 Å². The molecule has 0 saturated carbocycles. The molecule has 4 N–H and O–H groups in total. The SMILES string of the molecule is CCCCCCCCCCCCCCOC[C@H](CN(Cc1cc(N)c2ccccc2c1)C(CCCC)C(N)=O)OCCCCCCCCCCCCCC.Cl.Cl. The van der Waals surface area contributed by atoms with Crippen molar-refractivity contribution in [1.82, 2.24) is 4.90 Å². The normalized spacial score (nSPS) is 12.4. The molecular weight excluding hydrogens is 737 g/mol. The van der Waals surface area contributed by atoms with Gasteiger partial charge in [-0.25, -0.2) is 0 Å². The second kappa shape index (κ2) is 37.7. The topological polar surface area (TPSA) is 90.8 Å². The zero-order chi connectivity index (χ0) is 38.9. The first-order chi connectivity index (χ1) is 26.5. The number of unbranched alkanes of at least 4 members (excludes halogenated alkanes) is 23. The first kappa shape index (κ1) is 54.4. The Morgan fingerprint density at radius 2 is 1.09 bits per heavy atom. The lowest BCUT2D eigenvalue weighted by Gasteiger charge is -2.33. The summed E-state index contributed by atoms with van der Waals surface area (Å²) in [6.07, 6.45) is 34.5. The number of carbonyl (C=O) groups excluding carboxylic acids is 1. The van der Waals surface area contributed by atoms with E-state index in [2.05, 4.69) is 49.9 Å². The molecule has 0 aliphatic heterocycles. The van der Waals surface area contributed by atoms with Crippen LogP contribution in [0.5, 0.6) is 0 Å². The third-order valence-electron chi connectivity index (χ3n) is 11.2. The summed E-state index contributed by atoms with van der Waals surface area (Å²) in [6, 6.07) is 12.1. The van der Waals surface area contributed by atoms with E-state index in [1.165, 1.54) is 141 Å². The number of benzene rings is 2. The molecule has 2 aromatic rings. The Bertz CT molecular complexity index is 1190. The number of carbonyl (C=O) groups is 1. The number of amides is 1. The average Bonchev–Trinajstić information content (AvgIpc) is 3.16. The minimum absolute atomic E-state index is 0. The summed E-state index contributed by atoms with van der Waals surface area (Å²) in [4.78, 5) is 15.2. The van der Waals surface area contributed by atoms with Gasteiger partial charge < -0.3 is 20.9 Å². The van der Waals surface area contributed by atoms with E-state index in [9.17, 15) is 4.79 Å². The fourth-order valence-electron chi connectivity index (χ4n) is 7.80. The number of hydrogen-bond donors (Lipinski definition) is 2. The van der Waals surface area contributed by atoms with Crippen LogP contribution in [0.2, 0.25) is 0 Å². The molecule has 0 spiro atoms. The fraction of sp³-hybridized carbons (Fsp3) is 0.771. The van der Waals surface area contributed by atoms with E-state index in [-0.39, 0.29) is 42.9 Å². The third kappa shape index (κ3) is 26.4. The maximum atomic E-state index is 13.0. The molecule has 0 heterocycles. The van der Waals surface area contributed by atoms with E-state index < -0.39 is 0 Å². The van der Waals surface area contributed by atoms with Crippen molar-refractivity contribution in [1.29, 1.82) is 0 Å². The standard InChI is InChI=1S/C48H85N3O3.2ClH/c1-4-7-10-12-14-16-18-20-22-24-26-30-35-53-41-44(54-36-31-27-25-23-21-19-17-15-13-11-8-5-2)40-51(47(48(50)52)34-9-6-3)39-42-37-43-32-28-29-33-45(43)46(49)38-42;;/h28-29,32-33,37-38,44,47H,4-27,30-31,34-36,39-41,49H2,1-3H3,(H2,50,52);2*1H/t44-,47?;;/m0../s1. The second-order valence-electron chi connectivity index (χ2n) is 16.2. The van der Waals surface area contributed by atoms with Gasteiger partial charge in [0, 0.05) is 37.4 Å². The van der Waals surface area contributed by atoms with Crippen molar-refractivity contribution >= 4 is 47.2 Å². The van der Waals surface area contributed by atoms with Crippen LogP contribution < -0.4 is 11.5 Å². The molecule has 326 valence electrons. The lowest BCUT2D eigenvalue weighted by Crippen LogP contribution is -2.48. The van der Waals surface area contributed by atoms with Gasteiger partial charge in [-0.15, -0.1) is 24.8 Å². The Hall–Kier alpha value is -1.57. The molecule has 0 aromatic heterocycles. The van der Waals surface area contributed by atoms with Gasteiger partial charge in [0.2, 0.25) is 5.91 Å². The minimum Gasteiger partial charge on any atom is -0.398 e. The predicted octanol–water partition coefficient (Wildman–Crippen LogP) is 13.9. The number of fused-ring (bicyclic) bond motifs is 1. The van der Waals surface area contributed by atoms with Crippen molar-refractivity contribution in [3.8, 4) is 0 Å². The molecule has 0 aliphatic rings. The van der Waals surface area contributed by atoms with Crippen molar-refractivity contribution in [2.24, 2.45) is 5.73 Å². The number of nitrogen functional groups attached to an aromatic ring is 1. The van der Waals surface area contributed by atoms with E-state index in [1.807, 2.05) is 12.1 Å². The number of nitrogens with zero attached hydrogens (tertiary/aromatic N) is 1. The van der Waals surface area contributed by atoms with Crippen LogP contribution in [0.1, 0.15) is 200 Å². The lowest BCUT2D eigenvalue weighted by molar-refractivity contribution is -0.125. The van der Waals surface area contributed by atoms with Crippen LogP contribution in [0.25, 0.3) is 10.8 Å². The number of halogens is 2. The van der Waals surface area contributed by atoms with Gasteiger partial charge >= 0.3 is 0 Å². The van der Waals surface area contributed by atoms with E-state index in [0.717, 1.165) is 67.3 Å². The van der Waals surface area contributed by atoms with Crippen LogP contribution in [0.15, 0.2) is 36.4 Å². The Kier molecular flexibility index (Phi) is 36.6. The zero-order valence-corrected chi connectivity index (χ0v) is 38.0. The Morgan fingerprint density at radius 3 is 1.59 bits per heavy atom. The molecule has 0 radical (unpaired) electrons. The number of nitrogens with two attached hydrogens (primary N) is 2. The van der Waals surface area contributed by atoms with Crippen LogP contribution in [0.4, 0.5) is 5.69 Å². The Labute approximate surface area is 357 Å². The number of anilines is 1. The van der Waals surface area contributed by atoms with Crippen LogP contribution in [0, 0.1) is 0 Å². The highest BCUT2D eigenvalue weighted by Crippen LogP contribution is 2.25. The first-order valence-electron chi connectivity index (χ1n) is 23.0. The highest BCUT2D eigenvalue weighted by molar-refractivity contribution is 5.93. The summed E-state index contributed by atoms with van der Waals surface area (Å²) in [6.45, 7) is 9.93. The van der Waals surface area contributed by atoms with Gasteiger partial charge in [-0.1, -0.05) is 199 Å². The first-order valence-corrected chi connectivity index (χ1v) is 23.0. The summed E-state index contributed by atoms with van der Waals surface area (Å²) in [5.41, 5.74) is 14.5. The summed E-state index contributed by atoms with van der Waals surface area (Å²) in [7, 11) is 0. The second-order valence-corrected chi connectivity index (χ2v) is 16.2. The zero-order valence-electron chi connectivity index (χ0n) is 36.4. The Balaban J connectivity index is 0.0000151. The monoisotopic (exact) mass is 824 g/mol. The van der Waals surface area contributed by atoms with E-state index in [1.54, 1.807) is 0 Å². The van der Waals surface area contributed by atoms with Crippen molar-refractivity contribution in [2.45, 2.75) is 213 Å². The van der Waals surface area contributed by atoms with Gasteiger partial charge in [-0.05, 0) is 42.3 Å². The molecule has 2 aromatic carbocycles. The van der Waals surface area contributed by atoms with E-state index >= 15 is 0 Å². The van der Waals surface area contributed by atoms with Crippen LogP contribution >= 0.6 is 24.8 Å². The molecule has 2 atom stereocenters. The number of primary amides is 1. The third-order valence-corrected chi connectivity index (χ3v) is 11.2.